The summed E-state index contributed by atoms with van der Waals surface area (Å²) in [4.78, 5) is 2.44. The van der Waals surface area contributed by atoms with Gasteiger partial charge in [-0.3, -0.25) is 0 Å². The first kappa shape index (κ1) is 13.4. The highest BCUT2D eigenvalue weighted by Crippen LogP contribution is 2.23. The van der Waals surface area contributed by atoms with Crippen molar-refractivity contribution in [1.82, 2.24) is 10.2 Å². The molecule has 100 valence electrons. The van der Waals surface area contributed by atoms with Gasteiger partial charge in [-0.2, -0.15) is 0 Å². The molecule has 1 aromatic rings. The summed E-state index contributed by atoms with van der Waals surface area (Å²) in [5.41, 5.74) is 3.96. The molecule has 0 saturated carbocycles. The van der Waals surface area contributed by atoms with E-state index in [9.17, 15) is 0 Å². The molecule has 1 saturated heterocycles. The lowest BCUT2D eigenvalue weighted by molar-refractivity contribution is 0.182. The summed E-state index contributed by atoms with van der Waals surface area (Å²) >= 11 is 0. The number of aryl methyl sites for hydroxylation is 2. The van der Waals surface area contributed by atoms with E-state index in [0.29, 0.717) is 6.04 Å². The van der Waals surface area contributed by atoms with Crippen LogP contribution in [0.3, 0.4) is 0 Å². The summed E-state index contributed by atoms with van der Waals surface area (Å²) in [6.07, 6.45) is 1.05. The molecule has 1 fully saturated rings. The van der Waals surface area contributed by atoms with Crippen LogP contribution in [0.25, 0.3) is 0 Å². The average molecular weight is 248 g/mol. The number of rotatable bonds is 5. The van der Waals surface area contributed by atoms with Gasteiger partial charge in [-0.05, 0) is 50.1 Å². The molecular formula is C15H24N2O. The topological polar surface area (TPSA) is 24.5 Å². The molecule has 0 radical (unpaired) electrons. The number of nitrogens with one attached hydrogen (secondary N) is 1. The van der Waals surface area contributed by atoms with Crippen LogP contribution in [-0.4, -0.2) is 44.7 Å². The van der Waals surface area contributed by atoms with Crippen LogP contribution in [0.15, 0.2) is 12.1 Å². The van der Waals surface area contributed by atoms with Crippen LogP contribution < -0.4 is 10.1 Å². The molecule has 0 aliphatic carbocycles. The molecule has 0 unspecified atom stereocenters. The standard InChI is InChI=1S/C15H24N2O/c1-11-7-13(15(18-4)8-12(11)2)5-6-17(3)14-9-16-10-14/h7-8,14,16H,5-6,9-10H2,1-4H3. The van der Waals surface area contributed by atoms with Gasteiger partial charge in [0.25, 0.3) is 0 Å². The molecule has 2 rings (SSSR count). The molecule has 3 heteroatoms. The van der Waals surface area contributed by atoms with Crippen molar-refractivity contribution in [2.45, 2.75) is 26.3 Å². The van der Waals surface area contributed by atoms with E-state index in [4.69, 9.17) is 4.74 Å². The van der Waals surface area contributed by atoms with E-state index < -0.39 is 0 Å². The van der Waals surface area contributed by atoms with Crippen LogP contribution in [-0.2, 0) is 6.42 Å². The van der Waals surface area contributed by atoms with Gasteiger partial charge >= 0.3 is 0 Å². The summed E-state index contributed by atoms with van der Waals surface area (Å²) in [6, 6.07) is 5.12. The Labute approximate surface area is 110 Å². The van der Waals surface area contributed by atoms with E-state index in [0.717, 1.165) is 31.8 Å². The Balaban J connectivity index is 2.01. The molecule has 1 heterocycles. The van der Waals surface area contributed by atoms with Gasteiger partial charge in [-0.25, -0.2) is 0 Å². The molecule has 0 aromatic heterocycles. The van der Waals surface area contributed by atoms with Gasteiger partial charge in [-0.1, -0.05) is 6.07 Å². The number of hydrogen-bond acceptors (Lipinski definition) is 3. The first-order valence-electron chi connectivity index (χ1n) is 6.67. The Morgan fingerprint density at radius 2 is 1.94 bits per heavy atom. The zero-order chi connectivity index (χ0) is 13.1. The first-order chi connectivity index (χ1) is 8.61. The number of methoxy groups -OCH3 is 1. The molecule has 0 atom stereocenters. The van der Waals surface area contributed by atoms with Crippen molar-refractivity contribution in [2.75, 3.05) is 33.8 Å². The third-order valence-corrected chi connectivity index (χ3v) is 4.01. The smallest absolute Gasteiger partial charge is 0.122 e. The van der Waals surface area contributed by atoms with Gasteiger partial charge in [-0.15, -0.1) is 0 Å². The maximum absolute atomic E-state index is 5.48. The summed E-state index contributed by atoms with van der Waals surface area (Å²) in [5, 5.41) is 3.31. The lowest BCUT2D eigenvalue weighted by Gasteiger charge is -2.35. The number of ether oxygens (including phenoxy) is 1. The summed E-state index contributed by atoms with van der Waals surface area (Å²) < 4.78 is 5.48. The maximum Gasteiger partial charge on any atom is 0.122 e. The Bertz CT molecular complexity index is 413. The molecule has 18 heavy (non-hydrogen) atoms. The largest absolute Gasteiger partial charge is 0.496 e. The lowest BCUT2D eigenvalue weighted by atomic mass is 10.0. The zero-order valence-electron chi connectivity index (χ0n) is 11.9. The van der Waals surface area contributed by atoms with Crippen molar-refractivity contribution >= 4 is 0 Å². The highest BCUT2D eigenvalue weighted by molar-refractivity contribution is 5.41. The van der Waals surface area contributed by atoms with E-state index >= 15 is 0 Å². The van der Waals surface area contributed by atoms with Gasteiger partial charge < -0.3 is 15.0 Å². The minimum Gasteiger partial charge on any atom is -0.496 e. The first-order valence-corrected chi connectivity index (χ1v) is 6.67. The molecule has 1 aliphatic heterocycles. The quantitative estimate of drug-likeness (QED) is 0.859. The molecule has 0 amide bonds. The lowest BCUT2D eigenvalue weighted by Crippen LogP contribution is -2.56. The SMILES string of the molecule is COc1cc(C)c(C)cc1CCN(C)C1CNC1. The third-order valence-electron chi connectivity index (χ3n) is 4.01. The van der Waals surface area contributed by atoms with Crippen molar-refractivity contribution in [3.8, 4) is 5.75 Å². The van der Waals surface area contributed by atoms with Crippen molar-refractivity contribution < 1.29 is 4.74 Å². The fourth-order valence-electron chi connectivity index (χ4n) is 2.30. The Hall–Kier alpha value is -1.06. The second kappa shape index (κ2) is 5.72. The fourth-order valence-corrected chi connectivity index (χ4v) is 2.30. The van der Waals surface area contributed by atoms with Crippen LogP contribution in [0.1, 0.15) is 16.7 Å². The maximum atomic E-state index is 5.48. The van der Waals surface area contributed by atoms with Crippen LogP contribution in [0.2, 0.25) is 0 Å². The van der Waals surface area contributed by atoms with Gasteiger partial charge in [0.1, 0.15) is 5.75 Å². The minimum atomic E-state index is 0.711. The molecule has 3 nitrogen and oxygen atoms in total. The molecule has 1 aromatic carbocycles. The van der Waals surface area contributed by atoms with Crippen molar-refractivity contribution in [2.24, 2.45) is 0 Å². The molecule has 0 spiro atoms. The highest BCUT2D eigenvalue weighted by Gasteiger charge is 2.21. The summed E-state index contributed by atoms with van der Waals surface area (Å²) in [7, 11) is 3.96. The van der Waals surface area contributed by atoms with Crippen LogP contribution in [0, 0.1) is 13.8 Å². The van der Waals surface area contributed by atoms with Gasteiger partial charge in [0.2, 0.25) is 0 Å². The Kier molecular flexibility index (Phi) is 4.25. The second-order valence-electron chi connectivity index (χ2n) is 5.29. The van der Waals surface area contributed by atoms with Crippen LogP contribution in [0.4, 0.5) is 0 Å². The fraction of sp³-hybridized carbons (Fsp3) is 0.600. The second-order valence-corrected chi connectivity index (χ2v) is 5.29. The average Bonchev–Trinajstić information content (AvgIpc) is 2.27. The van der Waals surface area contributed by atoms with Gasteiger partial charge in [0.05, 0.1) is 7.11 Å². The normalized spacial score (nSPS) is 15.8. The van der Waals surface area contributed by atoms with Crippen molar-refractivity contribution in [3.63, 3.8) is 0 Å². The van der Waals surface area contributed by atoms with Crippen molar-refractivity contribution in [3.05, 3.63) is 28.8 Å². The van der Waals surface area contributed by atoms with E-state index in [1.54, 1.807) is 7.11 Å². The van der Waals surface area contributed by atoms with Gasteiger partial charge in [0, 0.05) is 25.7 Å². The zero-order valence-corrected chi connectivity index (χ0v) is 11.9. The number of benzene rings is 1. The number of nitrogens with zero attached hydrogens (tertiary/aromatic N) is 1. The number of likely N-dealkylation sites (N-methyl/N-ethyl adjacent to an activating group) is 1. The predicted molar refractivity (Wildman–Crippen MR) is 75.5 cm³/mol. The molecular weight excluding hydrogens is 224 g/mol. The third kappa shape index (κ3) is 2.85. The highest BCUT2D eigenvalue weighted by atomic mass is 16.5. The Morgan fingerprint density at radius 3 is 2.50 bits per heavy atom. The number of hydrogen-bond donors (Lipinski definition) is 1. The van der Waals surface area contributed by atoms with E-state index in [1.807, 2.05) is 0 Å². The predicted octanol–water partition coefficient (Wildman–Crippen LogP) is 1.76. The van der Waals surface area contributed by atoms with E-state index in [-0.39, 0.29) is 0 Å². The monoisotopic (exact) mass is 248 g/mol. The summed E-state index contributed by atoms with van der Waals surface area (Å²) in [6.45, 7) is 7.64. The van der Waals surface area contributed by atoms with Crippen LogP contribution >= 0.6 is 0 Å². The summed E-state index contributed by atoms with van der Waals surface area (Å²) in [5.74, 6) is 1.03. The molecule has 1 aliphatic rings. The van der Waals surface area contributed by atoms with Gasteiger partial charge in [0.15, 0.2) is 0 Å². The van der Waals surface area contributed by atoms with E-state index in [1.165, 1.54) is 16.7 Å². The van der Waals surface area contributed by atoms with Crippen molar-refractivity contribution in [1.29, 1.82) is 0 Å². The Morgan fingerprint density at radius 1 is 1.28 bits per heavy atom. The molecule has 1 N–H and O–H groups in total. The minimum absolute atomic E-state index is 0.711. The van der Waals surface area contributed by atoms with E-state index in [2.05, 4.69) is 43.2 Å². The van der Waals surface area contributed by atoms with Crippen LogP contribution in [0.5, 0.6) is 5.75 Å². The molecule has 0 bridgehead atoms.